The SMILES string of the molecule is COc1ccccc1/C=C(\SC)S(C)=O. The molecular weight excluding hydrogens is 228 g/mol. The largest absolute Gasteiger partial charge is 0.496 e. The van der Waals surface area contributed by atoms with Crippen LogP contribution >= 0.6 is 11.8 Å². The second-order valence-electron chi connectivity index (χ2n) is 2.86. The lowest BCUT2D eigenvalue weighted by atomic mass is 10.2. The van der Waals surface area contributed by atoms with Crippen molar-refractivity contribution >= 4 is 28.6 Å². The molecule has 1 aromatic carbocycles. The Morgan fingerprint density at radius 2 is 2.13 bits per heavy atom. The summed E-state index contributed by atoms with van der Waals surface area (Å²) >= 11 is 1.50. The quantitative estimate of drug-likeness (QED) is 0.812. The number of benzene rings is 1. The van der Waals surface area contributed by atoms with Crippen LogP contribution in [0.3, 0.4) is 0 Å². The number of hydrogen-bond acceptors (Lipinski definition) is 3. The van der Waals surface area contributed by atoms with Gasteiger partial charge >= 0.3 is 0 Å². The molecule has 0 aromatic heterocycles. The van der Waals surface area contributed by atoms with Crippen LogP contribution < -0.4 is 4.74 Å². The van der Waals surface area contributed by atoms with Crippen molar-refractivity contribution in [3.05, 3.63) is 34.1 Å². The summed E-state index contributed by atoms with van der Waals surface area (Å²) in [5.41, 5.74) is 0.958. The van der Waals surface area contributed by atoms with Gasteiger partial charge < -0.3 is 4.74 Å². The Morgan fingerprint density at radius 1 is 1.47 bits per heavy atom. The van der Waals surface area contributed by atoms with E-state index in [4.69, 9.17) is 4.74 Å². The summed E-state index contributed by atoms with van der Waals surface area (Å²) < 4.78 is 17.4. The fourth-order valence-corrected chi connectivity index (χ4v) is 2.65. The van der Waals surface area contributed by atoms with Crippen LogP contribution in [0.25, 0.3) is 6.08 Å². The van der Waals surface area contributed by atoms with Gasteiger partial charge in [0.15, 0.2) is 0 Å². The van der Waals surface area contributed by atoms with E-state index in [1.54, 1.807) is 13.4 Å². The molecule has 0 aliphatic rings. The van der Waals surface area contributed by atoms with Gasteiger partial charge in [-0.25, -0.2) is 0 Å². The standard InChI is InChI=1S/C11H14O2S2/c1-13-10-7-5-4-6-9(10)8-11(14-2)15(3)12/h4-8H,1-3H3/b11-8+. The minimum atomic E-state index is -0.946. The van der Waals surface area contributed by atoms with Crippen LogP contribution in [0.2, 0.25) is 0 Å². The number of para-hydroxylation sites is 1. The lowest BCUT2D eigenvalue weighted by Crippen LogP contribution is -1.90. The Hall–Kier alpha value is -0.740. The second kappa shape index (κ2) is 5.98. The van der Waals surface area contributed by atoms with Crippen LogP contribution in [-0.2, 0) is 10.8 Å². The van der Waals surface area contributed by atoms with Gasteiger partial charge in [0, 0.05) is 11.8 Å². The van der Waals surface area contributed by atoms with Crippen molar-refractivity contribution in [2.24, 2.45) is 0 Å². The molecule has 2 nitrogen and oxygen atoms in total. The van der Waals surface area contributed by atoms with E-state index in [-0.39, 0.29) is 0 Å². The van der Waals surface area contributed by atoms with Gasteiger partial charge in [-0.2, -0.15) is 0 Å². The number of hydrogen-bond donors (Lipinski definition) is 0. The van der Waals surface area contributed by atoms with Crippen LogP contribution in [0.15, 0.2) is 28.5 Å². The van der Waals surface area contributed by atoms with Gasteiger partial charge in [0.2, 0.25) is 0 Å². The first-order valence-corrected chi connectivity index (χ1v) is 7.19. The zero-order valence-electron chi connectivity index (χ0n) is 9.02. The summed E-state index contributed by atoms with van der Waals surface area (Å²) in [5.74, 6) is 0.800. The topological polar surface area (TPSA) is 26.3 Å². The molecule has 1 aromatic rings. The minimum Gasteiger partial charge on any atom is -0.496 e. The average Bonchev–Trinajstić information content (AvgIpc) is 2.25. The molecule has 1 rings (SSSR count). The van der Waals surface area contributed by atoms with Gasteiger partial charge in [-0.15, -0.1) is 11.8 Å². The number of ether oxygens (including phenoxy) is 1. The highest BCUT2D eigenvalue weighted by Crippen LogP contribution is 2.25. The van der Waals surface area contributed by atoms with Crippen molar-refractivity contribution < 1.29 is 8.95 Å². The van der Waals surface area contributed by atoms with E-state index < -0.39 is 10.8 Å². The van der Waals surface area contributed by atoms with E-state index in [9.17, 15) is 4.21 Å². The van der Waals surface area contributed by atoms with Crippen molar-refractivity contribution in [1.82, 2.24) is 0 Å². The first-order chi connectivity index (χ1) is 7.19. The smallest absolute Gasteiger partial charge is 0.126 e. The minimum absolute atomic E-state index is 0.800. The van der Waals surface area contributed by atoms with E-state index >= 15 is 0 Å². The van der Waals surface area contributed by atoms with Gasteiger partial charge in [0.1, 0.15) is 5.75 Å². The molecule has 0 aliphatic heterocycles. The lowest BCUT2D eigenvalue weighted by molar-refractivity contribution is 0.414. The van der Waals surface area contributed by atoms with Crippen molar-refractivity contribution in [2.75, 3.05) is 19.6 Å². The van der Waals surface area contributed by atoms with Crippen molar-refractivity contribution in [2.45, 2.75) is 0 Å². The molecule has 15 heavy (non-hydrogen) atoms. The summed E-state index contributed by atoms with van der Waals surface area (Å²) in [7, 11) is 0.688. The predicted octanol–water partition coefficient (Wildman–Crippen LogP) is 2.74. The first-order valence-electron chi connectivity index (χ1n) is 4.41. The molecule has 0 radical (unpaired) electrons. The van der Waals surface area contributed by atoms with Crippen LogP contribution in [0.4, 0.5) is 0 Å². The molecule has 0 amide bonds. The van der Waals surface area contributed by atoms with E-state index in [0.29, 0.717) is 0 Å². The Kier molecular flexibility index (Phi) is 4.91. The number of rotatable bonds is 4. The Morgan fingerprint density at radius 3 is 2.67 bits per heavy atom. The summed E-state index contributed by atoms with van der Waals surface area (Å²) in [6.45, 7) is 0. The summed E-state index contributed by atoms with van der Waals surface area (Å²) in [5, 5.41) is 0. The summed E-state index contributed by atoms with van der Waals surface area (Å²) in [6.07, 6.45) is 5.50. The molecule has 0 aliphatic carbocycles. The van der Waals surface area contributed by atoms with Crippen LogP contribution in [-0.4, -0.2) is 23.8 Å². The fraction of sp³-hybridized carbons (Fsp3) is 0.273. The molecule has 1 unspecified atom stereocenters. The zero-order chi connectivity index (χ0) is 11.3. The molecule has 0 heterocycles. The van der Waals surface area contributed by atoms with E-state index in [1.165, 1.54) is 11.8 Å². The molecule has 82 valence electrons. The predicted molar refractivity (Wildman–Crippen MR) is 68.6 cm³/mol. The van der Waals surface area contributed by atoms with Gasteiger partial charge in [-0.05, 0) is 18.4 Å². The van der Waals surface area contributed by atoms with Crippen LogP contribution in [0.5, 0.6) is 5.75 Å². The highest BCUT2D eigenvalue weighted by Gasteiger charge is 2.03. The molecule has 0 N–H and O–H groups in total. The summed E-state index contributed by atoms with van der Waals surface area (Å²) in [6, 6.07) is 7.69. The molecular formula is C11H14O2S2. The molecule has 0 bridgehead atoms. The third-order valence-electron chi connectivity index (χ3n) is 1.90. The van der Waals surface area contributed by atoms with E-state index in [2.05, 4.69) is 0 Å². The van der Waals surface area contributed by atoms with Gasteiger partial charge in [0.05, 0.1) is 22.1 Å². The zero-order valence-corrected chi connectivity index (χ0v) is 10.7. The normalized spacial score (nSPS) is 13.7. The third kappa shape index (κ3) is 3.39. The molecule has 0 saturated heterocycles. The number of thioether (sulfide) groups is 1. The lowest BCUT2D eigenvalue weighted by Gasteiger charge is -2.05. The van der Waals surface area contributed by atoms with Gasteiger partial charge in [-0.1, -0.05) is 18.2 Å². The van der Waals surface area contributed by atoms with Crippen LogP contribution in [0.1, 0.15) is 5.56 Å². The average molecular weight is 242 g/mol. The van der Waals surface area contributed by atoms with Crippen molar-refractivity contribution in [3.8, 4) is 5.75 Å². The Balaban J connectivity index is 3.10. The fourth-order valence-electron chi connectivity index (χ4n) is 1.17. The Bertz CT molecular complexity index is 386. The highest BCUT2D eigenvalue weighted by atomic mass is 32.2. The molecule has 0 fully saturated rings. The van der Waals surface area contributed by atoms with E-state index in [1.807, 2.05) is 36.6 Å². The molecule has 0 saturated carbocycles. The number of methoxy groups -OCH3 is 1. The molecule has 1 atom stereocenters. The maximum atomic E-state index is 11.4. The molecule has 4 heteroatoms. The second-order valence-corrected chi connectivity index (χ2v) is 5.32. The highest BCUT2D eigenvalue weighted by molar-refractivity contribution is 8.16. The first kappa shape index (κ1) is 12.3. The summed E-state index contributed by atoms with van der Waals surface area (Å²) in [4.78, 5) is 0. The monoisotopic (exact) mass is 242 g/mol. The maximum Gasteiger partial charge on any atom is 0.126 e. The third-order valence-corrected chi connectivity index (χ3v) is 4.31. The Labute approximate surface area is 97.2 Å². The van der Waals surface area contributed by atoms with Crippen molar-refractivity contribution in [1.29, 1.82) is 0 Å². The maximum absolute atomic E-state index is 11.4. The van der Waals surface area contributed by atoms with Crippen molar-refractivity contribution in [3.63, 3.8) is 0 Å². The molecule has 0 spiro atoms. The van der Waals surface area contributed by atoms with E-state index in [0.717, 1.165) is 15.6 Å². The van der Waals surface area contributed by atoms with Crippen LogP contribution in [0, 0.1) is 0 Å². The van der Waals surface area contributed by atoms with Gasteiger partial charge in [-0.3, -0.25) is 4.21 Å². The van der Waals surface area contributed by atoms with Gasteiger partial charge in [0.25, 0.3) is 0 Å².